The molecule has 0 aliphatic carbocycles. The number of ether oxygens (including phenoxy) is 2. The van der Waals surface area contributed by atoms with Crippen LogP contribution in [0.5, 0.6) is 5.75 Å². The molecule has 0 fully saturated rings. The summed E-state index contributed by atoms with van der Waals surface area (Å²) in [5, 5.41) is 13.3. The zero-order valence-corrected chi connectivity index (χ0v) is 12.7. The summed E-state index contributed by atoms with van der Waals surface area (Å²) >= 11 is 3.21. The molecule has 1 atom stereocenters. The highest BCUT2D eigenvalue weighted by Gasteiger charge is 2.13. The normalized spacial score (nSPS) is 11.8. The maximum atomic E-state index is 11.6. The van der Waals surface area contributed by atoms with E-state index in [4.69, 9.17) is 9.47 Å². The summed E-state index contributed by atoms with van der Waals surface area (Å²) in [7, 11) is 1.54. The number of nitrogens with one attached hydrogen (secondary N) is 1. The van der Waals surface area contributed by atoms with E-state index in [1.54, 1.807) is 14.0 Å². The van der Waals surface area contributed by atoms with Crippen molar-refractivity contribution >= 4 is 27.5 Å². The van der Waals surface area contributed by atoms with E-state index in [1.165, 1.54) is 18.2 Å². The molecule has 0 saturated heterocycles. The first kappa shape index (κ1) is 16.4. The van der Waals surface area contributed by atoms with Crippen molar-refractivity contribution in [2.45, 2.75) is 13.0 Å². The van der Waals surface area contributed by atoms with Crippen LogP contribution in [0.25, 0.3) is 0 Å². The Morgan fingerprint density at radius 3 is 2.85 bits per heavy atom. The van der Waals surface area contributed by atoms with Gasteiger partial charge in [-0.15, -0.1) is 0 Å². The highest BCUT2D eigenvalue weighted by atomic mass is 79.9. The van der Waals surface area contributed by atoms with Gasteiger partial charge in [-0.1, -0.05) is 0 Å². The Morgan fingerprint density at radius 1 is 1.55 bits per heavy atom. The van der Waals surface area contributed by atoms with Gasteiger partial charge in [0.25, 0.3) is 11.6 Å². The summed E-state index contributed by atoms with van der Waals surface area (Å²) < 4.78 is 10.7. The second kappa shape index (κ2) is 7.81. The number of nitro groups is 1. The number of carbonyl (C=O) groups is 1. The van der Waals surface area contributed by atoms with Crippen LogP contribution in [-0.4, -0.2) is 37.2 Å². The number of halogens is 1. The molecule has 1 rings (SSSR count). The summed E-state index contributed by atoms with van der Waals surface area (Å²) in [6.45, 7) is 1.96. The van der Waals surface area contributed by atoms with Gasteiger partial charge in [-0.2, -0.15) is 0 Å². The topological polar surface area (TPSA) is 90.7 Å². The molecule has 0 radical (unpaired) electrons. The Morgan fingerprint density at radius 2 is 2.25 bits per heavy atom. The molecule has 1 unspecified atom stereocenters. The number of nitrogens with zero attached hydrogens (tertiary/aromatic N) is 1. The Balaban J connectivity index is 2.59. The first-order valence-corrected chi connectivity index (χ1v) is 6.58. The van der Waals surface area contributed by atoms with Gasteiger partial charge in [-0.3, -0.25) is 14.9 Å². The molecular weight excluding hydrogens is 332 g/mol. The van der Waals surface area contributed by atoms with E-state index < -0.39 is 4.92 Å². The maximum absolute atomic E-state index is 11.6. The second-order valence-corrected chi connectivity index (χ2v) is 4.94. The number of hydrogen-bond acceptors (Lipinski definition) is 5. The predicted molar refractivity (Wildman–Crippen MR) is 75.8 cm³/mol. The molecule has 1 amide bonds. The quantitative estimate of drug-likeness (QED) is 0.601. The first-order valence-electron chi connectivity index (χ1n) is 5.79. The first-order chi connectivity index (χ1) is 9.43. The lowest BCUT2D eigenvalue weighted by Crippen LogP contribution is -2.38. The second-order valence-electron chi connectivity index (χ2n) is 4.08. The Hall–Kier alpha value is -1.67. The van der Waals surface area contributed by atoms with Crippen molar-refractivity contribution < 1.29 is 19.2 Å². The van der Waals surface area contributed by atoms with Crippen LogP contribution >= 0.6 is 15.9 Å². The van der Waals surface area contributed by atoms with Gasteiger partial charge in [0.2, 0.25) is 0 Å². The lowest BCUT2D eigenvalue weighted by molar-refractivity contribution is -0.385. The van der Waals surface area contributed by atoms with Crippen LogP contribution in [0.1, 0.15) is 6.92 Å². The van der Waals surface area contributed by atoms with E-state index in [0.717, 1.165) is 0 Å². The van der Waals surface area contributed by atoms with Gasteiger partial charge < -0.3 is 14.8 Å². The molecule has 110 valence electrons. The lowest BCUT2D eigenvalue weighted by Gasteiger charge is -2.13. The number of carbonyl (C=O) groups excluding carboxylic acids is 1. The number of benzene rings is 1. The molecule has 0 saturated carbocycles. The maximum Gasteiger partial charge on any atom is 0.273 e. The SMILES string of the molecule is COCC(C)NC(=O)COc1cc([N+](=O)[O-])ccc1Br. The van der Waals surface area contributed by atoms with Crippen LogP contribution in [0.4, 0.5) is 5.69 Å². The predicted octanol–water partition coefficient (Wildman–Crippen LogP) is 1.89. The van der Waals surface area contributed by atoms with Gasteiger partial charge in [-0.25, -0.2) is 0 Å². The number of hydrogen-bond donors (Lipinski definition) is 1. The van der Waals surface area contributed by atoms with E-state index in [9.17, 15) is 14.9 Å². The molecule has 1 aromatic rings. The number of rotatable bonds is 7. The van der Waals surface area contributed by atoms with E-state index in [0.29, 0.717) is 11.1 Å². The molecule has 0 heterocycles. The zero-order chi connectivity index (χ0) is 15.1. The highest BCUT2D eigenvalue weighted by molar-refractivity contribution is 9.10. The van der Waals surface area contributed by atoms with Crippen molar-refractivity contribution in [3.05, 3.63) is 32.8 Å². The Kier molecular flexibility index (Phi) is 6.40. The molecule has 0 aliphatic heterocycles. The van der Waals surface area contributed by atoms with Crippen LogP contribution in [0, 0.1) is 10.1 Å². The van der Waals surface area contributed by atoms with Crippen LogP contribution in [0.2, 0.25) is 0 Å². The van der Waals surface area contributed by atoms with Crippen molar-refractivity contribution in [2.75, 3.05) is 20.3 Å². The van der Waals surface area contributed by atoms with Gasteiger partial charge in [0.15, 0.2) is 6.61 Å². The van der Waals surface area contributed by atoms with Crippen molar-refractivity contribution in [3.63, 3.8) is 0 Å². The molecular formula is C12H15BrN2O5. The smallest absolute Gasteiger partial charge is 0.273 e. The fourth-order valence-corrected chi connectivity index (χ4v) is 1.83. The monoisotopic (exact) mass is 346 g/mol. The van der Waals surface area contributed by atoms with Crippen LogP contribution < -0.4 is 10.1 Å². The van der Waals surface area contributed by atoms with Crippen molar-refractivity contribution in [2.24, 2.45) is 0 Å². The minimum Gasteiger partial charge on any atom is -0.482 e. The fraction of sp³-hybridized carbons (Fsp3) is 0.417. The number of methoxy groups -OCH3 is 1. The highest BCUT2D eigenvalue weighted by Crippen LogP contribution is 2.29. The minimum absolute atomic E-state index is 0.101. The molecule has 8 heteroatoms. The number of nitro benzene ring substituents is 1. The van der Waals surface area contributed by atoms with Gasteiger partial charge in [0, 0.05) is 19.2 Å². The summed E-state index contributed by atoms with van der Waals surface area (Å²) in [6.07, 6.45) is 0. The van der Waals surface area contributed by atoms with Gasteiger partial charge in [0.05, 0.1) is 22.1 Å². The van der Waals surface area contributed by atoms with Crippen molar-refractivity contribution in [1.29, 1.82) is 0 Å². The number of non-ortho nitro benzene ring substituents is 1. The van der Waals surface area contributed by atoms with E-state index in [-0.39, 0.29) is 30.0 Å². The van der Waals surface area contributed by atoms with Gasteiger partial charge in [-0.05, 0) is 28.9 Å². The summed E-state index contributed by atoms with van der Waals surface area (Å²) in [4.78, 5) is 21.7. The van der Waals surface area contributed by atoms with Crippen LogP contribution in [0.15, 0.2) is 22.7 Å². The molecule has 20 heavy (non-hydrogen) atoms. The third-order valence-corrected chi connectivity index (χ3v) is 2.96. The lowest BCUT2D eigenvalue weighted by atomic mass is 10.3. The largest absolute Gasteiger partial charge is 0.482 e. The van der Waals surface area contributed by atoms with Crippen molar-refractivity contribution in [3.8, 4) is 5.75 Å². The standard InChI is InChI=1S/C12H15BrN2O5/c1-8(6-19-2)14-12(16)7-20-11-5-9(15(17)18)3-4-10(11)13/h3-5,8H,6-7H2,1-2H3,(H,14,16). The fourth-order valence-electron chi connectivity index (χ4n) is 1.47. The third-order valence-electron chi connectivity index (χ3n) is 2.31. The molecule has 0 aliphatic rings. The molecule has 1 N–H and O–H groups in total. The van der Waals surface area contributed by atoms with Gasteiger partial charge >= 0.3 is 0 Å². The van der Waals surface area contributed by atoms with Crippen LogP contribution in [-0.2, 0) is 9.53 Å². The minimum atomic E-state index is -0.528. The van der Waals surface area contributed by atoms with Crippen LogP contribution in [0.3, 0.4) is 0 Å². The Labute approximate surface area is 124 Å². The third kappa shape index (κ3) is 5.14. The van der Waals surface area contributed by atoms with E-state index in [2.05, 4.69) is 21.2 Å². The van der Waals surface area contributed by atoms with E-state index in [1.807, 2.05) is 0 Å². The van der Waals surface area contributed by atoms with E-state index >= 15 is 0 Å². The molecule has 1 aromatic carbocycles. The van der Waals surface area contributed by atoms with Gasteiger partial charge in [0.1, 0.15) is 5.75 Å². The average Bonchev–Trinajstić information content (AvgIpc) is 2.37. The van der Waals surface area contributed by atoms with Crippen molar-refractivity contribution in [1.82, 2.24) is 5.32 Å². The molecule has 0 spiro atoms. The average molecular weight is 347 g/mol. The molecule has 0 aromatic heterocycles. The summed E-state index contributed by atoms with van der Waals surface area (Å²) in [5.74, 6) is -0.0818. The number of amides is 1. The molecule has 0 bridgehead atoms. The zero-order valence-electron chi connectivity index (χ0n) is 11.1. The summed E-state index contributed by atoms with van der Waals surface area (Å²) in [6, 6.07) is 3.97. The summed E-state index contributed by atoms with van der Waals surface area (Å²) in [5.41, 5.74) is -0.101. The molecule has 7 nitrogen and oxygen atoms in total. The Bertz CT molecular complexity index is 495.